The minimum atomic E-state index is -1.11. The lowest BCUT2D eigenvalue weighted by molar-refractivity contribution is 0.0840. The van der Waals surface area contributed by atoms with Gasteiger partial charge in [-0.2, -0.15) is 0 Å². The van der Waals surface area contributed by atoms with Crippen molar-refractivity contribution in [3.63, 3.8) is 0 Å². The number of allylic oxidation sites excluding steroid dienone is 4. The molecule has 0 spiro atoms. The first-order valence-electron chi connectivity index (χ1n) is 16.2. The van der Waals surface area contributed by atoms with E-state index in [-0.39, 0.29) is 93.1 Å². The van der Waals surface area contributed by atoms with Crippen LogP contribution >= 0.6 is 0 Å². The lowest BCUT2D eigenvalue weighted by Crippen LogP contribution is -2.32. The Morgan fingerprint density at radius 1 is 0.800 bits per heavy atom. The zero-order valence-electron chi connectivity index (χ0n) is 27.7. The lowest BCUT2D eigenvalue weighted by Gasteiger charge is -2.39. The first-order valence-corrected chi connectivity index (χ1v) is 16.2. The molecule has 0 aromatic heterocycles. The van der Waals surface area contributed by atoms with Gasteiger partial charge >= 0.3 is 0 Å². The van der Waals surface area contributed by atoms with Crippen molar-refractivity contribution in [3.05, 3.63) is 117 Å². The molecular weight excluding hydrogens is 640 g/mol. The Labute approximate surface area is 288 Å². The Morgan fingerprint density at radius 2 is 1.44 bits per heavy atom. The fourth-order valence-corrected chi connectivity index (χ4v) is 7.17. The van der Waals surface area contributed by atoms with Gasteiger partial charge in [0.1, 0.15) is 52.1 Å². The van der Waals surface area contributed by atoms with Gasteiger partial charge in [0.05, 0.1) is 17.5 Å². The van der Waals surface area contributed by atoms with Crippen LogP contribution in [-0.4, -0.2) is 47.3 Å². The molecule has 1 aliphatic carbocycles. The van der Waals surface area contributed by atoms with Gasteiger partial charge in [-0.25, -0.2) is 0 Å². The fraction of sp³-hybridized carbons (Fsp3) is 0.250. The molecule has 7 N–H and O–H groups in total. The predicted octanol–water partition coefficient (Wildman–Crippen LogP) is 7.56. The summed E-state index contributed by atoms with van der Waals surface area (Å²) in [7, 11) is 0. The van der Waals surface area contributed by atoms with Crippen LogP contribution in [-0.2, 0) is 6.42 Å². The normalized spacial score (nSPS) is 20.0. The van der Waals surface area contributed by atoms with Gasteiger partial charge in [-0.1, -0.05) is 29.4 Å². The highest BCUT2D eigenvalue weighted by Gasteiger charge is 2.45. The molecule has 10 heteroatoms. The maximum Gasteiger partial charge on any atom is 0.171 e. The maximum absolute atomic E-state index is 14.9. The Morgan fingerprint density at radius 3 is 2.08 bits per heavy atom. The molecule has 258 valence electrons. The molecule has 0 fully saturated rings. The Balaban J connectivity index is 1.56. The summed E-state index contributed by atoms with van der Waals surface area (Å²) in [4.78, 5) is 28.5. The van der Waals surface area contributed by atoms with E-state index >= 15 is 0 Å². The Kier molecular flexibility index (Phi) is 8.96. The number of ketones is 2. The molecule has 0 saturated heterocycles. The summed E-state index contributed by atoms with van der Waals surface area (Å²) in [5, 5.41) is 75.3. The number of phenolic OH excluding ortho intramolecular Hbond substituents is 7. The monoisotopic (exact) mass is 678 g/mol. The van der Waals surface area contributed by atoms with Crippen LogP contribution in [0.2, 0.25) is 0 Å². The highest BCUT2D eigenvalue weighted by atomic mass is 16.5. The van der Waals surface area contributed by atoms with E-state index in [1.54, 1.807) is 12.2 Å². The molecule has 2 aliphatic rings. The number of ether oxygens (including phenoxy) is 1. The number of benzene rings is 4. The van der Waals surface area contributed by atoms with Crippen molar-refractivity contribution < 1.29 is 50.1 Å². The smallest absolute Gasteiger partial charge is 0.171 e. The van der Waals surface area contributed by atoms with Crippen molar-refractivity contribution in [2.45, 2.75) is 58.0 Å². The summed E-state index contributed by atoms with van der Waals surface area (Å²) in [5.74, 6) is -5.48. The minimum Gasteiger partial charge on any atom is -0.508 e. The van der Waals surface area contributed by atoms with E-state index in [9.17, 15) is 45.3 Å². The lowest BCUT2D eigenvalue weighted by atomic mass is 9.65. The third-order valence-electron chi connectivity index (χ3n) is 9.58. The summed E-state index contributed by atoms with van der Waals surface area (Å²) in [6.07, 6.45) is 2.91. The zero-order chi connectivity index (χ0) is 36.0. The van der Waals surface area contributed by atoms with Crippen LogP contribution in [0.3, 0.4) is 0 Å². The molecule has 4 atom stereocenters. The van der Waals surface area contributed by atoms with Crippen LogP contribution in [0.25, 0.3) is 0 Å². The number of rotatable bonds is 7. The number of hydrogen-bond acceptors (Lipinski definition) is 10. The van der Waals surface area contributed by atoms with Crippen LogP contribution < -0.4 is 4.74 Å². The van der Waals surface area contributed by atoms with Gasteiger partial charge in [0.15, 0.2) is 11.6 Å². The SMILES string of the molecule is CC(C)=CCc1c(O)ccc(C(=O)C2C(c3c(O)ccc4c3OC(c3ccc(O)cc3O)CC4=O)C=C(C)CC2c2ccc(O)cc2O)c1O. The number of carbonyl (C=O) groups excluding carboxylic acids is 2. The van der Waals surface area contributed by atoms with E-state index in [0.717, 1.165) is 17.2 Å². The third-order valence-corrected chi connectivity index (χ3v) is 9.58. The number of aromatic hydroxyl groups is 7. The summed E-state index contributed by atoms with van der Waals surface area (Å²) in [6, 6.07) is 13.5. The van der Waals surface area contributed by atoms with E-state index in [0.29, 0.717) is 5.56 Å². The minimum absolute atomic E-state index is 0.0142. The molecule has 4 aromatic carbocycles. The average molecular weight is 679 g/mol. The van der Waals surface area contributed by atoms with Gasteiger partial charge in [-0.05, 0) is 81.6 Å². The summed E-state index contributed by atoms with van der Waals surface area (Å²) >= 11 is 0. The predicted molar refractivity (Wildman–Crippen MR) is 185 cm³/mol. The van der Waals surface area contributed by atoms with Gasteiger partial charge in [0.25, 0.3) is 0 Å². The molecule has 6 rings (SSSR count). The van der Waals surface area contributed by atoms with Gasteiger partial charge in [-0.15, -0.1) is 0 Å². The summed E-state index contributed by atoms with van der Waals surface area (Å²) in [6.45, 7) is 5.57. The summed E-state index contributed by atoms with van der Waals surface area (Å²) < 4.78 is 6.40. The van der Waals surface area contributed by atoms with Crippen LogP contribution in [0, 0.1) is 5.92 Å². The molecule has 0 bridgehead atoms. The molecule has 0 saturated carbocycles. The van der Waals surface area contributed by atoms with Crippen molar-refractivity contribution in [1.82, 2.24) is 0 Å². The largest absolute Gasteiger partial charge is 0.508 e. The maximum atomic E-state index is 14.9. The number of fused-ring (bicyclic) bond motifs is 1. The molecule has 1 heterocycles. The fourth-order valence-electron chi connectivity index (χ4n) is 7.17. The van der Waals surface area contributed by atoms with Crippen LogP contribution in [0.5, 0.6) is 46.0 Å². The van der Waals surface area contributed by atoms with Crippen molar-refractivity contribution in [3.8, 4) is 46.0 Å². The van der Waals surface area contributed by atoms with Gasteiger partial charge in [0, 0.05) is 46.6 Å². The Hall–Kier alpha value is -5.90. The molecule has 10 nitrogen and oxygen atoms in total. The second kappa shape index (κ2) is 13.2. The number of phenols is 7. The van der Waals surface area contributed by atoms with Crippen molar-refractivity contribution in [2.75, 3.05) is 0 Å². The van der Waals surface area contributed by atoms with Crippen LogP contribution in [0.1, 0.15) is 94.5 Å². The number of hydrogen-bond donors (Lipinski definition) is 7. The first kappa shape index (κ1) is 34.0. The Bertz CT molecular complexity index is 2090. The molecule has 0 radical (unpaired) electrons. The van der Waals surface area contributed by atoms with E-state index in [1.165, 1.54) is 54.6 Å². The molecule has 1 aliphatic heterocycles. The molecule has 4 aromatic rings. The standard InChI is InChI=1S/C40H38O10/c1-19(2)4-7-25-30(43)12-11-27(38(25)48)39(49)36-28(23-8-5-21(41)16-32(23)45)14-20(3)15-29(36)37-31(44)13-10-26-34(47)18-35(50-40(26)37)24-9-6-22(42)17-33(24)46/h4-6,8-13,15-17,28-29,35-36,41-46,48H,7,14,18H2,1-3H3. The van der Waals surface area contributed by atoms with E-state index in [1.807, 2.05) is 20.8 Å². The second-order valence-corrected chi connectivity index (χ2v) is 13.3. The molecule has 0 amide bonds. The van der Waals surface area contributed by atoms with E-state index in [2.05, 4.69) is 0 Å². The molecule has 50 heavy (non-hydrogen) atoms. The van der Waals surface area contributed by atoms with Gasteiger partial charge < -0.3 is 40.5 Å². The second-order valence-electron chi connectivity index (χ2n) is 13.3. The first-order chi connectivity index (χ1) is 23.7. The van der Waals surface area contributed by atoms with Crippen molar-refractivity contribution >= 4 is 11.6 Å². The van der Waals surface area contributed by atoms with Crippen molar-refractivity contribution in [2.24, 2.45) is 5.92 Å². The quantitative estimate of drug-likeness (QED) is 0.0760. The highest BCUT2D eigenvalue weighted by molar-refractivity contribution is 6.03. The van der Waals surface area contributed by atoms with Crippen molar-refractivity contribution in [1.29, 1.82) is 0 Å². The number of carbonyl (C=O) groups is 2. The van der Waals surface area contributed by atoms with Gasteiger partial charge in [-0.3, -0.25) is 9.59 Å². The highest BCUT2D eigenvalue weighted by Crippen LogP contribution is 2.55. The molecular formula is C40H38O10. The zero-order valence-corrected chi connectivity index (χ0v) is 27.7. The number of Topliss-reactive ketones (excluding diaryl/α,β-unsaturated/α-hetero) is 2. The van der Waals surface area contributed by atoms with Gasteiger partial charge in [0.2, 0.25) is 0 Å². The van der Waals surface area contributed by atoms with E-state index in [4.69, 9.17) is 4.74 Å². The van der Waals surface area contributed by atoms with Crippen LogP contribution in [0.15, 0.2) is 84.0 Å². The topological polar surface area (TPSA) is 185 Å². The third kappa shape index (κ3) is 6.20. The average Bonchev–Trinajstić information content (AvgIpc) is 3.03. The molecule has 4 unspecified atom stereocenters. The summed E-state index contributed by atoms with van der Waals surface area (Å²) in [5.41, 5.74) is 2.68. The van der Waals surface area contributed by atoms with E-state index < -0.39 is 35.4 Å². The van der Waals surface area contributed by atoms with Crippen LogP contribution in [0.4, 0.5) is 0 Å².